The van der Waals surface area contributed by atoms with Gasteiger partial charge in [-0.15, -0.1) is 0 Å². The van der Waals surface area contributed by atoms with Crippen LogP contribution in [0.3, 0.4) is 0 Å². The molecule has 1 rings (SSSR count). The van der Waals surface area contributed by atoms with Crippen LogP contribution in [0.1, 0.15) is 47.1 Å². The molecule has 0 unspecified atom stereocenters. The van der Waals surface area contributed by atoms with Crippen molar-refractivity contribution < 1.29 is 4.39 Å². The van der Waals surface area contributed by atoms with Crippen molar-refractivity contribution in [2.75, 3.05) is 18.5 Å². The number of halogens is 1. The Morgan fingerprint density at radius 2 is 1.70 bits per heavy atom. The number of hydrogen-bond acceptors (Lipinski definition) is 2. The Hall–Kier alpha value is -1.09. The number of nitrogens with zero attached hydrogens (tertiary/aromatic N) is 1. The summed E-state index contributed by atoms with van der Waals surface area (Å²) in [6.07, 6.45) is 0. The highest BCUT2D eigenvalue weighted by Gasteiger charge is 2.19. The summed E-state index contributed by atoms with van der Waals surface area (Å²) in [7, 11) is 1.96. The summed E-state index contributed by atoms with van der Waals surface area (Å²) < 4.78 is 14.2. The zero-order valence-electron chi connectivity index (χ0n) is 14.0. The van der Waals surface area contributed by atoms with E-state index in [0.717, 1.165) is 12.1 Å². The van der Waals surface area contributed by atoms with Gasteiger partial charge in [-0.1, -0.05) is 32.9 Å². The zero-order chi connectivity index (χ0) is 15.6. The van der Waals surface area contributed by atoms with Crippen molar-refractivity contribution in [3.63, 3.8) is 0 Å². The molecule has 3 heteroatoms. The van der Waals surface area contributed by atoms with Gasteiger partial charge in [0.1, 0.15) is 5.82 Å². The minimum Gasteiger partial charge on any atom is -0.371 e. The highest BCUT2D eigenvalue weighted by Crippen LogP contribution is 2.27. The monoisotopic (exact) mass is 280 g/mol. The van der Waals surface area contributed by atoms with Crippen molar-refractivity contribution in [3.05, 3.63) is 29.6 Å². The number of nitrogens with one attached hydrogen (secondary N) is 1. The lowest BCUT2D eigenvalue weighted by Gasteiger charge is -2.31. The molecule has 0 heterocycles. The van der Waals surface area contributed by atoms with Gasteiger partial charge in [0.05, 0.1) is 5.69 Å². The van der Waals surface area contributed by atoms with Gasteiger partial charge in [0.15, 0.2) is 0 Å². The van der Waals surface area contributed by atoms with Gasteiger partial charge in [0.25, 0.3) is 0 Å². The smallest absolute Gasteiger partial charge is 0.146 e. The molecule has 1 aromatic rings. The molecule has 0 atom stereocenters. The average Bonchev–Trinajstić information content (AvgIpc) is 2.22. The lowest BCUT2D eigenvalue weighted by atomic mass is 9.95. The molecule has 0 amide bonds. The lowest BCUT2D eigenvalue weighted by Crippen LogP contribution is -2.36. The van der Waals surface area contributed by atoms with E-state index < -0.39 is 0 Å². The van der Waals surface area contributed by atoms with Crippen LogP contribution in [0.25, 0.3) is 0 Å². The van der Waals surface area contributed by atoms with Crippen LogP contribution in [-0.2, 0) is 6.54 Å². The predicted molar refractivity (Wildman–Crippen MR) is 85.7 cm³/mol. The van der Waals surface area contributed by atoms with E-state index in [9.17, 15) is 4.39 Å². The molecule has 0 bridgehead atoms. The second-order valence-electron chi connectivity index (χ2n) is 7.77. The molecular weight excluding hydrogens is 251 g/mol. The van der Waals surface area contributed by atoms with E-state index in [2.05, 4.69) is 46.9 Å². The Kier molecular flexibility index (Phi) is 5.20. The molecule has 0 aliphatic heterocycles. The molecule has 0 radical (unpaired) electrons. The summed E-state index contributed by atoms with van der Waals surface area (Å²) in [4.78, 5) is 2.02. The summed E-state index contributed by atoms with van der Waals surface area (Å²) >= 11 is 0. The fourth-order valence-electron chi connectivity index (χ4n) is 2.28. The molecule has 0 spiro atoms. The molecule has 0 aliphatic rings. The molecule has 1 N–H and O–H groups in total. The predicted octanol–water partition coefficient (Wildman–Crippen LogP) is 4.20. The zero-order valence-corrected chi connectivity index (χ0v) is 14.0. The first-order chi connectivity index (χ1) is 8.99. The van der Waals surface area contributed by atoms with E-state index in [0.29, 0.717) is 12.2 Å². The van der Waals surface area contributed by atoms with Crippen LogP contribution in [0.5, 0.6) is 0 Å². The van der Waals surface area contributed by atoms with E-state index in [1.54, 1.807) is 6.07 Å². The summed E-state index contributed by atoms with van der Waals surface area (Å²) in [5, 5.41) is 3.43. The van der Waals surface area contributed by atoms with Gasteiger partial charge >= 0.3 is 0 Å². The van der Waals surface area contributed by atoms with Gasteiger partial charge in [0, 0.05) is 25.7 Å². The van der Waals surface area contributed by atoms with E-state index in [1.807, 2.05) is 18.0 Å². The molecule has 20 heavy (non-hydrogen) atoms. The highest BCUT2D eigenvalue weighted by molar-refractivity contribution is 5.54. The maximum Gasteiger partial charge on any atom is 0.146 e. The fourth-order valence-corrected chi connectivity index (χ4v) is 2.28. The van der Waals surface area contributed by atoms with Crippen LogP contribution in [0.2, 0.25) is 0 Å². The van der Waals surface area contributed by atoms with Crippen LogP contribution >= 0.6 is 0 Å². The SMILES string of the molecule is CN(CC(C)(C)C)c1c(F)cccc1CNC(C)(C)C. The molecule has 0 aromatic heterocycles. The van der Waals surface area contributed by atoms with Crippen LogP contribution in [-0.4, -0.2) is 19.1 Å². The van der Waals surface area contributed by atoms with Crippen molar-refractivity contribution in [2.24, 2.45) is 5.41 Å². The van der Waals surface area contributed by atoms with Crippen LogP contribution in [0, 0.1) is 11.2 Å². The molecule has 2 nitrogen and oxygen atoms in total. The van der Waals surface area contributed by atoms with Gasteiger partial charge in [-0.2, -0.15) is 0 Å². The van der Waals surface area contributed by atoms with Crippen molar-refractivity contribution in [1.82, 2.24) is 5.32 Å². The Morgan fingerprint density at radius 3 is 2.20 bits per heavy atom. The maximum absolute atomic E-state index is 14.2. The molecule has 0 saturated carbocycles. The maximum atomic E-state index is 14.2. The van der Waals surface area contributed by atoms with Gasteiger partial charge in [-0.05, 0) is 37.8 Å². The Labute approximate surface area is 123 Å². The number of benzene rings is 1. The van der Waals surface area contributed by atoms with Crippen molar-refractivity contribution in [3.8, 4) is 0 Å². The normalized spacial score (nSPS) is 12.6. The van der Waals surface area contributed by atoms with Gasteiger partial charge in [-0.25, -0.2) is 4.39 Å². The largest absolute Gasteiger partial charge is 0.371 e. The third kappa shape index (κ3) is 5.49. The molecular formula is C17H29FN2. The van der Waals surface area contributed by atoms with Crippen molar-refractivity contribution in [2.45, 2.75) is 53.6 Å². The summed E-state index contributed by atoms with van der Waals surface area (Å²) in [6, 6.07) is 5.31. The molecule has 0 aliphatic carbocycles. The first-order valence-corrected chi connectivity index (χ1v) is 7.23. The Balaban J connectivity index is 2.99. The number of hydrogen-bond donors (Lipinski definition) is 1. The minimum atomic E-state index is -0.148. The van der Waals surface area contributed by atoms with Gasteiger partial charge < -0.3 is 10.2 Å². The Morgan fingerprint density at radius 1 is 1.10 bits per heavy atom. The standard InChI is InChI=1S/C17H29FN2/c1-16(2,3)12-20(7)15-13(9-8-10-14(15)18)11-19-17(4,5)6/h8-10,19H,11-12H2,1-7H3. The molecule has 0 fully saturated rings. The number of para-hydroxylation sites is 1. The first-order valence-electron chi connectivity index (χ1n) is 7.23. The quantitative estimate of drug-likeness (QED) is 0.889. The third-order valence-electron chi connectivity index (χ3n) is 2.97. The summed E-state index contributed by atoms with van der Waals surface area (Å²) in [5.41, 5.74) is 1.86. The average molecular weight is 280 g/mol. The topological polar surface area (TPSA) is 15.3 Å². The van der Waals surface area contributed by atoms with Crippen molar-refractivity contribution in [1.29, 1.82) is 0 Å². The Bertz CT molecular complexity index is 441. The summed E-state index contributed by atoms with van der Waals surface area (Å²) in [5.74, 6) is -0.148. The number of anilines is 1. The lowest BCUT2D eigenvalue weighted by molar-refractivity contribution is 0.411. The fraction of sp³-hybridized carbons (Fsp3) is 0.647. The highest BCUT2D eigenvalue weighted by atomic mass is 19.1. The number of rotatable bonds is 4. The van der Waals surface area contributed by atoms with E-state index in [1.165, 1.54) is 6.07 Å². The van der Waals surface area contributed by atoms with Crippen LogP contribution < -0.4 is 10.2 Å². The van der Waals surface area contributed by atoms with E-state index in [4.69, 9.17) is 0 Å². The second kappa shape index (κ2) is 6.13. The molecule has 0 saturated heterocycles. The molecule has 114 valence electrons. The van der Waals surface area contributed by atoms with Crippen LogP contribution in [0.4, 0.5) is 10.1 Å². The van der Waals surface area contributed by atoms with Gasteiger partial charge in [-0.3, -0.25) is 0 Å². The van der Waals surface area contributed by atoms with E-state index in [-0.39, 0.29) is 16.8 Å². The van der Waals surface area contributed by atoms with E-state index >= 15 is 0 Å². The molecule has 1 aromatic carbocycles. The van der Waals surface area contributed by atoms with Crippen LogP contribution in [0.15, 0.2) is 18.2 Å². The third-order valence-corrected chi connectivity index (χ3v) is 2.97. The van der Waals surface area contributed by atoms with Gasteiger partial charge in [0.2, 0.25) is 0 Å². The van der Waals surface area contributed by atoms with Crippen molar-refractivity contribution >= 4 is 5.69 Å². The first kappa shape index (κ1) is 17.0. The second-order valence-corrected chi connectivity index (χ2v) is 7.77. The minimum absolute atomic E-state index is 0.0200. The summed E-state index contributed by atoms with van der Waals surface area (Å²) in [6.45, 7) is 14.3.